The number of likely N-dealkylation sites (N-methyl/N-ethyl adjacent to an activating group) is 1. The van der Waals surface area contributed by atoms with Crippen LogP contribution in [0.25, 0.3) is 0 Å². The van der Waals surface area contributed by atoms with E-state index in [0.29, 0.717) is 6.04 Å². The van der Waals surface area contributed by atoms with Crippen molar-refractivity contribution >= 4 is 5.91 Å². The molecule has 2 rings (SSSR count). The quantitative estimate of drug-likeness (QED) is 0.837. The van der Waals surface area contributed by atoms with Gasteiger partial charge in [0, 0.05) is 18.7 Å². The van der Waals surface area contributed by atoms with Crippen LogP contribution in [0.3, 0.4) is 0 Å². The Kier molecular flexibility index (Phi) is 3.79. The zero-order valence-corrected chi connectivity index (χ0v) is 10.6. The zero-order chi connectivity index (χ0) is 12.3. The van der Waals surface area contributed by atoms with E-state index in [0.717, 1.165) is 36.9 Å². The van der Waals surface area contributed by atoms with Gasteiger partial charge in [-0.15, -0.1) is 0 Å². The first-order valence-corrected chi connectivity index (χ1v) is 6.23. The Labute approximate surface area is 103 Å². The summed E-state index contributed by atoms with van der Waals surface area (Å²) < 4.78 is 0. The van der Waals surface area contributed by atoms with Gasteiger partial charge in [0.1, 0.15) is 0 Å². The van der Waals surface area contributed by atoms with Crippen molar-refractivity contribution in [2.24, 2.45) is 0 Å². The summed E-state index contributed by atoms with van der Waals surface area (Å²) in [4.78, 5) is 14.2. The minimum atomic E-state index is 0.166. The highest BCUT2D eigenvalue weighted by molar-refractivity contribution is 5.95. The summed E-state index contributed by atoms with van der Waals surface area (Å²) in [5.74, 6) is 0.166. The Morgan fingerprint density at radius 3 is 2.76 bits per heavy atom. The van der Waals surface area contributed by atoms with Gasteiger partial charge in [-0.2, -0.15) is 0 Å². The second-order valence-corrected chi connectivity index (χ2v) is 4.66. The van der Waals surface area contributed by atoms with E-state index in [1.54, 1.807) is 0 Å². The fraction of sp³-hybridized carbons (Fsp3) is 0.500. The van der Waals surface area contributed by atoms with E-state index in [1.807, 2.05) is 43.3 Å². The van der Waals surface area contributed by atoms with Crippen molar-refractivity contribution in [3.63, 3.8) is 0 Å². The lowest BCUT2D eigenvalue weighted by atomic mass is 10.0. The Morgan fingerprint density at radius 1 is 1.41 bits per heavy atom. The topological polar surface area (TPSA) is 32.3 Å². The Balaban J connectivity index is 2.15. The molecular formula is C14H20N2O. The minimum Gasteiger partial charge on any atom is -0.339 e. The van der Waals surface area contributed by atoms with Crippen LogP contribution in [0.15, 0.2) is 24.3 Å². The highest BCUT2D eigenvalue weighted by Crippen LogP contribution is 2.27. The predicted molar refractivity (Wildman–Crippen MR) is 69.2 cm³/mol. The molecule has 1 aromatic carbocycles. The number of benzene rings is 1. The number of hydrogen-bond donors (Lipinski definition) is 1. The van der Waals surface area contributed by atoms with Gasteiger partial charge in [0.05, 0.1) is 0 Å². The highest BCUT2D eigenvalue weighted by Gasteiger charge is 2.30. The van der Waals surface area contributed by atoms with Crippen LogP contribution in [-0.2, 0) is 6.42 Å². The molecule has 1 aromatic rings. The van der Waals surface area contributed by atoms with Gasteiger partial charge in [-0.3, -0.25) is 4.79 Å². The van der Waals surface area contributed by atoms with Crippen molar-refractivity contribution in [3.05, 3.63) is 35.4 Å². The Bertz CT molecular complexity index is 399. The second-order valence-electron chi connectivity index (χ2n) is 4.66. The number of hydrogen-bond acceptors (Lipinski definition) is 2. The van der Waals surface area contributed by atoms with Crippen molar-refractivity contribution in [1.29, 1.82) is 0 Å². The number of amides is 1. The van der Waals surface area contributed by atoms with Gasteiger partial charge >= 0.3 is 0 Å². The van der Waals surface area contributed by atoms with Crippen molar-refractivity contribution in [3.8, 4) is 0 Å². The average molecular weight is 232 g/mol. The van der Waals surface area contributed by atoms with Crippen molar-refractivity contribution in [2.75, 3.05) is 20.6 Å². The molecule has 0 atom stereocenters. The third kappa shape index (κ3) is 2.86. The van der Waals surface area contributed by atoms with E-state index in [-0.39, 0.29) is 5.91 Å². The molecule has 0 saturated heterocycles. The van der Waals surface area contributed by atoms with Gasteiger partial charge in [-0.25, -0.2) is 0 Å². The summed E-state index contributed by atoms with van der Waals surface area (Å²) in [6.45, 7) is 0.900. The highest BCUT2D eigenvalue weighted by atomic mass is 16.2. The molecule has 0 aliphatic heterocycles. The van der Waals surface area contributed by atoms with Gasteiger partial charge in [0.25, 0.3) is 5.91 Å². The van der Waals surface area contributed by atoms with Crippen LogP contribution >= 0.6 is 0 Å². The second kappa shape index (κ2) is 5.32. The number of carbonyl (C=O) groups is 1. The largest absolute Gasteiger partial charge is 0.339 e. The molecule has 1 saturated carbocycles. The van der Waals surface area contributed by atoms with E-state index < -0.39 is 0 Å². The van der Waals surface area contributed by atoms with Crippen molar-refractivity contribution in [1.82, 2.24) is 10.2 Å². The monoisotopic (exact) mass is 232 g/mol. The van der Waals surface area contributed by atoms with Crippen molar-refractivity contribution < 1.29 is 4.79 Å². The van der Waals surface area contributed by atoms with Gasteiger partial charge in [0.2, 0.25) is 0 Å². The van der Waals surface area contributed by atoms with Crippen LogP contribution in [0.4, 0.5) is 0 Å². The molecule has 1 aliphatic rings. The lowest BCUT2D eigenvalue weighted by molar-refractivity contribution is 0.0784. The molecule has 3 nitrogen and oxygen atoms in total. The predicted octanol–water partition coefficient (Wildman–Crippen LogP) is 1.68. The minimum absolute atomic E-state index is 0.166. The van der Waals surface area contributed by atoms with Crippen LogP contribution in [0, 0.1) is 0 Å². The van der Waals surface area contributed by atoms with E-state index in [2.05, 4.69) is 5.32 Å². The first-order chi connectivity index (χ1) is 8.24. The standard InChI is InChI=1S/C14H20N2O/c1-15-10-9-11-5-3-4-6-13(11)14(17)16(2)12-7-8-12/h3-6,12,15H,7-10H2,1-2H3. The number of carbonyl (C=O) groups excluding carboxylic acids is 1. The summed E-state index contributed by atoms with van der Waals surface area (Å²) in [5.41, 5.74) is 2.00. The fourth-order valence-electron chi connectivity index (χ4n) is 2.02. The van der Waals surface area contributed by atoms with Gasteiger partial charge in [-0.1, -0.05) is 18.2 Å². The summed E-state index contributed by atoms with van der Waals surface area (Å²) >= 11 is 0. The number of nitrogens with one attached hydrogen (secondary N) is 1. The average Bonchev–Trinajstić information content (AvgIpc) is 3.19. The third-order valence-corrected chi connectivity index (χ3v) is 3.31. The van der Waals surface area contributed by atoms with Crippen LogP contribution in [0.1, 0.15) is 28.8 Å². The van der Waals surface area contributed by atoms with Gasteiger partial charge in [-0.05, 0) is 44.5 Å². The van der Waals surface area contributed by atoms with Crippen LogP contribution in [0.2, 0.25) is 0 Å². The Hall–Kier alpha value is -1.35. The zero-order valence-electron chi connectivity index (χ0n) is 10.6. The molecule has 0 radical (unpaired) electrons. The van der Waals surface area contributed by atoms with E-state index in [9.17, 15) is 4.79 Å². The number of rotatable bonds is 5. The van der Waals surface area contributed by atoms with Gasteiger partial charge in [0.15, 0.2) is 0 Å². The molecule has 17 heavy (non-hydrogen) atoms. The maximum absolute atomic E-state index is 12.3. The van der Waals surface area contributed by atoms with E-state index in [4.69, 9.17) is 0 Å². The molecule has 0 unspecified atom stereocenters. The molecular weight excluding hydrogens is 212 g/mol. The molecule has 1 amide bonds. The molecule has 1 N–H and O–H groups in total. The Morgan fingerprint density at radius 2 is 2.12 bits per heavy atom. The van der Waals surface area contributed by atoms with Gasteiger partial charge < -0.3 is 10.2 Å². The molecule has 92 valence electrons. The fourth-order valence-corrected chi connectivity index (χ4v) is 2.02. The third-order valence-electron chi connectivity index (χ3n) is 3.31. The summed E-state index contributed by atoms with van der Waals surface area (Å²) in [6, 6.07) is 8.40. The van der Waals surface area contributed by atoms with Crippen LogP contribution in [-0.4, -0.2) is 37.5 Å². The summed E-state index contributed by atoms with van der Waals surface area (Å²) in [6.07, 6.45) is 3.21. The molecule has 0 heterocycles. The van der Waals surface area contributed by atoms with Crippen LogP contribution in [0.5, 0.6) is 0 Å². The summed E-state index contributed by atoms with van der Waals surface area (Å²) in [5, 5.41) is 3.12. The first-order valence-electron chi connectivity index (χ1n) is 6.23. The molecule has 1 fully saturated rings. The molecule has 0 bridgehead atoms. The molecule has 0 aromatic heterocycles. The van der Waals surface area contributed by atoms with E-state index >= 15 is 0 Å². The van der Waals surface area contributed by atoms with Crippen LogP contribution < -0.4 is 5.32 Å². The molecule has 3 heteroatoms. The lowest BCUT2D eigenvalue weighted by Gasteiger charge is -2.18. The maximum atomic E-state index is 12.3. The lowest BCUT2D eigenvalue weighted by Crippen LogP contribution is -2.29. The molecule has 0 spiro atoms. The summed E-state index contributed by atoms with van der Waals surface area (Å²) in [7, 11) is 3.84. The van der Waals surface area contributed by atoms with E-state index in [1.165, 1.54) is 0 Å². The first kappa shape index (κ1) is 12.1. The maximum Gasteiger partial charge on any atom is 0.254 e. The number of nitrogens with zero attached hydrogens (tertiary/aromatic N) is 1. The smallest absolute Gasteiger partial charge is 0.254 e. The van der Waals surface area contributed by atoms with Crippen molar-refractivity contribution in [2.45, 2.75) is 25.3 Å². The normalized spacial score (nSPS) is 14.7. The molecule has 1 aliphatic carbocycles. The SMILES string of the molecule is CNCCc1ccccc1C(=O)N(C)C1CC1.